The second-order valence-electron chi connectivity index (χ2n) is 6.53. The SMILES string of the molecule is CCC1COC(C)CN1Cc1ccc(CNCC(C)C)s1. The van der Waals surface area contributed by atoms with Gasteiger partial charge >= 0.3 is 0 Å². The molecule has 0 aliphatic carbocycles. The van der Waals surface area contributed by atoms with E-state index in [-0.39, 0.29) is 0 Å². The smallest absolute Gasteiger partial charge is 0.0674 e. The predicted octanol–water partition coefficient (Wildman–Crippen LogP) is 3.49. The minimum Gasteiger partial charge on any atom is -0.376 e. The lowest BCUT2D eigenvalue weighted by Crippen LogP contribution is -2.47. The molecule has 2 unspecified atom stereocenters. The number of ether oxygens (including phenoxy) is 1. The van der Waals surface area contributed by atoms with Crippen LogP contribution in [0.4, 0.5) is 0 Å². The van der Waals surface area contributed by atoms with Gasteiger partial charge in [-0.1, -0.05) is 20.8 Å². The van der Waals surface area contributed by atoms with Crippen molar-refractivity contribution >= 4 is 11.3 Å². The van der Waals surface area contributed by atoms with Crippen LogP contribution in [0.15, 0.2) is 12.1 Å². The van der Waals surface area contributed by atoms with Crippen molar-refractivity contribution in [3.05, 3.63) is 21.9 Å². The Balaban J connectivity index is 1.85. The zero-order valence-electron chi connectivity index (χ0n) is 13.9. The van der Waals surface area contributed by atoms with Gasteiger partial charge in [-0.15, -0.1) is 11.3 Å². The fraction of sp³-hybridized carbons (Fsp3) is 0.765. The summed E-state index contributed by atoms with van der Waals surface area (Å²) in [6.07, 6.45) is 1.53. The lowest BCUT2D eigenvalue weighted by Gasteiger charge is -2.38. The first-order chi connectivity index (χ1) is 10.1. The van der Waals surface area contributed by atoms with Gasteiger partial charge in [-0.2, -0.15) is 0 Å². The molecule has 4 heteroatoms. The zero-order valence-corrected chi connectivity index (χ0v) is 14.7. The van der Waals surface area contributed by atoms with E-state index in [0.717, 1.165) is 32.8 Å². The molecule has 2 heterocycles. The van der Waals surface area contributed by atoms with Gasteiger partial charge in [-0.25, -0.2) is 0 Å². The van der Waals surface area contributed by atoms with Crippen LogP contribution >= 0.6 is 11.3 Å². The molecule has 1 aliphatic heterocycles. The summed E-state index contributed by atoms with van der Waals surface area (Å²) in [6.45, 7) is 14.0. The third kappa shape index (κ3) is 5.37. The number of morpholine rings is 1. The Kier molecular flexibility index (Phi) is 6.68. The average Bonchev–Trinajstić information content (AvgIpc) is 2.86. The quantitative estimate of drug-likeness (QED) is 0.834. The Morgan fingerprint density at radius 2 is 2.14 bits per heavy atom. The minimum atomic E-state index is 0.361. The second kappa shape index (κ2) is 8.28. The van der Waals surface area contributed by atoms with Crippen LogP contribution < -0.4 is 5.32 Å². The van der Waals surface area contributed by atoms with Crippen molar-refractivity contribution in [2.24, 2.45) is 5.92 Å². The highest BCUT2D eigenvalue weighted by atomic mass is 32.1. The number of hydrogen-bond acceptors (Lipinski definition) is 4. The Morgan fingerprint density at radius 1 is 1.38 bits per heavy atom. The summed E-state index contributed by atoms with van der Waals surface area (Å²) in [6, 6.07) is 5.15. The van der Waals surface area contributed by atoms with E-state index in [1.54, 1.807) is 0 Å². The highest BCUT2D eigenvalue weighted by molar-refractivity contribution is 7.11. The summed E-state index contributed by atoms with van der Waals surface area (Å²) in [5, 5.41) is 3.52. The summed E-state index contributed by atoms with van der Waals surface area (Å²) in [5.41, 5.74) is 0. The lowest BCUT2D eigenvalue weighted by atomic mass is 10.1. The molecule has 0 saturated carbocycles. The normalized spacial score (nSPS) is 23.9. The van der Waals surface area contributed by atoms with Gasteiger partial charge in [0.25, 0.3) is 0 Å². The third-order valence-corrected chi connectivity index (χ3v) is 5.05. The van der Waals surface area contributed by atoms with Gasteiger partial charge in [-0.3, -0.25) is 4.90 Å². The fourth-order valence-corrected chi connectivity index (χ4v) is 3.78. The van der Waals surface area contributed by atoms with Gasteiger partial charge in [0.1, 0.15) is 0 Å². The van der Waals surface area contributed by atoms with Gasteiger partial charge < -0.3 is 10.1 Å². The van der Waals surface area contributed by atoms with E-state index in [4.69, 9.17) is 4.74 Å². The van der Waals surface area contributed by atoms with Gasteiger partial charge in [-0.05, 0) is 37.9 Å². The molecule has 1 saturated heterocycles. The summed E-state index contributed by atoms with van der Waals surface area (Å²) >= 11 is 1.95. The molecule has 1 aromatic rings. The molecule has 3 nitrogen and oxygen atoms in total. The summed E-state index contributed by atoms with van der Waals surface area (Å²) < 4.78 is 5.78. The van der Waals surface area contributed by atoms with Crippen molar-refractivity contribution in [2.45, 2.75) is 59.4 Å². The zero-order chi connectivity index (χ0) is 15.2. The first-order valence-electron chi connectivity index (χ1n) is 8.22. The van der Waals surface area contributed by atoms with Crippen molar-refractivity contribution in [3.63, 3.8) is 0 Å². The Labute approximate surface area is 133 Å². The Bertz CT molecular complexity index is 419. The predicted molar refractivity (Wildman–Crippen MR) is 90.8 cm³/mol. The van der Waals surface area contributed by atoms with Crippen LogP contribution in [0.2, 0.25) is 0 Å². The number of nitrogens with zero attached hydrogens (tertiary/aromatic N) is 1. The van der Waals surface area contributed by atoms with E-state index in [1.807, 2.05) is 11.3 Å². The molecule has 1 aromatic heterocycles. The average molecular weight is 311 g/mol. The van der Waals surface area contributed by atoms with Crippen molar-refractivity contribution < 1.29 is 4.74 Å². The molecule has 2 atom stereocenters. The van der Waals surface area contributed by atoms with E-state index in [2.05, 4.69) is 50.0 Å². The maximum absolute atomic E-state index is 5.78. The molecule has 0 spiro atoms. The molecule has 120 valence electrons. The molecule has 21 heavy (non-hydrogen) atoms. The topological polar surface area (TPSA) is 24.5 Å². The van der Waals surface area contributed by atoms with Crippen molar-refractivity contribution in [3.8, 4) is 0 Å². The van der Waals surface area contributed by atoms with Crippen LogP contribution in [0, 0.1) is 5.92 Å². The molecule has 0 radical (unpaired) electrons. The number of rotatable bonds is 7. The van der Waals surface area contributed by atoms with Crippen molar-refractivity contribution in [2.75, 3.05) is 19.7 Å². The molecular weight excluding hydrogens is 280 g/mol. The molecule has 0 bridgehead atoms. The second-order valence-corrected chi connectivity index (χ2v) is 7.78. The molecular formula is C17H30N2OS. The molecule has 0 amide bonds. The van der Waals surface area contributed by atoms with Crippen LogP contribution in [0.1, 0.15) is 43.9 Å². The van der Waals surface area contributed by atoms with Gasteiger partial charge in [0, 0.05) is 35.4 Å². The number of hydrogen-bond donors (Lipinski definition) is 1. The van der Waals surface area contributed by atoms with Crippen LogP contribution in [0.25, 0.3) is 0 Å². The number of nitrogens with one attached hydrogen (secondary N) is 1. The molecule has 0 aromatic carbocycles. The standard InChI is InChI=1S/C17H30N2OS/c1-5-15-12-20-14(4)10-19(15)11-17-7-6-16(21-17)9-18-8-13(2)3/h6-7,13-15,18H,5,8-12H2,1-4H3. The van der Waals surface area contributed by atoms with Crippen LogP contribution in [0.3, 0.4) is 0 Å². The highest BCUT2D eigenvalue weighted by Gasteiger charge is 2.25. The first-order valence-corrected chi connectivity index (χ1v) is 9.04. The lowest BCUT2D eigenvalue weighted by molar-refractivity contribution is -0.0588. The fourth-order valence-electron chi connectivity index (χ4n) is 2.77. The third-order valence-electron chi connectivity index (χ3n) is 3.98. The Morgan fingerprint density at radius 3 is 2.86 bits per heavy atom. The van der Waals surface area contributed by atoms with Crippen molar-refractivity contribution in [1.82, 2.24) is 10.2 Å². The van der Waals surface area contributed by atoms with E-state index >= 15 is 0 Å². The minimum absolute atomic E-state index is 0.361. The maximum Gasteiger partial charge on any atom is 0.0674 e. The highest BCUT2D eigenvalue weighted by Crippen LogP contribution is 2.22. The summed E-state index contributed by atoms with van der Waals surface area (Å²) in [7, 11) is 0. The van der Waals surface area contributed by atoms with E-state index in [9.17, 15) is 0 Å². The number of thiophene rings is 1. The molecule has 1 aliphatic rings. The van der Waals surface area contributed by atoms with Gasteiger partial charge in [0.05, 0.1) is 12.7 Å². The summed E-state index contributed by atoms with van der Waals surface area (Å²) in [4.78, 5) is 5.51. The van der Waals surface area contributed by atoms with Crippen LogP contribution in [-0.2, 0) is 17.8 Å². The van der Waals surface area contributed by atoms with E-state index < -0.39 is 0 Å². The van der Waals surface area contributed by atoms with Crippen molar-refractivity contribution in [1.29, 1.82) is 0 Å². The molecule has 1 fully saturated rings. The van der Waals surface area contributed by atoms with Gasteiger partial charge in [0.15, 0.2) is 0 Å². The Hall–Kier alpha value is -0.420. The summed E-state index contributed by atoms with van der Waals surface area (Å²) in [5.74, 6) is 0.713. The monoisotopic (exact) mass is 310 g/mol. The largest absolute Gasteiger partial charge is 0.376 e. The first kappa shape index (κ1) is 16.9. The maximum atomic E-state index is 5.78. The van der Waals surface area contributed by atoms with E-state index in [0.29, 0.717) is 18.1 Å². The van der Waals surface area contributed by atoms with Crippen LogP contribution in [0.5, 0.6) is 0 Å². The van der Waals surface area contributed by atoms with Gasteiger partial charge in [0.2, 0.25) is 0 Å². The van der Waals surface area contributed by atoms with Crippen LogP contribution in [-0.4, -0.2) is 36.7 Å². The molecule has 2 rings (SSSR count). The molecule has 1 N–H and O–H groups in total. The van der Waals surface area contributed by atoms with E-state index in [1.165, 1.54) is 16.2 Å².